The largest absolute Gasteiger partial charge is 0.378 e. The molecular formula is C14H24N4O3. The molecule has 0 saturated heterocycles. The van der Waals surface area contributed by atoms with Crippen LogP contribution in [-0.4, -0.2) is 42.8 Å². The van der Waals surface area contributed by atoms with E-state index < -0.39 is 0 Å². The summed E-state index contributed by atoms with van der Waals surface area (Å²) < 4.78 is 5.78. The van der Waals surface area contributed by atoms with E-state index in [0.717, 1.165) is 32.1 Å². The Labute approximate surface area is 124 Å². The normalized spacial score (nSPS) is 26.0. The van der Waals surface area contributed by atoms with Crippen molar-refractivity contribution in [2.24, 2.45) is 10.8 Å². The van der Waals surface area contributed by atoms with Crippen LogP contribution in [0.3, 0.4) is 0 Å². The summed E-state index contributed by atoms with van der Waals surface area (Å²) in [5.41, 5.74) is 8.55. The number of hydrogen-bond donors (Lipinski definition) is 3. The Bertz CT molecular complexity index is 403. The number of nitrogens with two attached hydrogens (primary N) is 1. The highest BCUT2D eigenvalue weighted by Gasteiger charge is 2.19. The topological polar surface area (TPSA) is 106 Å². The molecule has 118 valence electrons. The van der Waals surface area contributed by atoms with Gasteiger partial charge in [0.1, 0.15) is 5.71 Å². The summed E-state index contributed by atoms with van der Waals surface area (Å²) in [6.45, 7) is 1.20. The van der Waals surface area contributed by atoms with Crippen LogP contribution in [-0.2, 0) is 14.3 Å². The van der Waals surface area contributed by atoms with E-state index in [9.17, 15) is 9.59 Å². The van der Waals surface area contributed by atoms with Crippen molar-refractivity contribution < 1.29 is 14.3 Å². The molecule has 7 nitrogen and oxygen atoms in total. The third-order valence-corrected chi connectivity index (χ3v) is 3.85. The fourth-order valence-electron chi connectivity index (χ4n) is 2.52. The lowest BCUT2D eigenvalue weighted by atomic mass is 9.94. The van der Waals surface area contributed by atoms with Crippen molar-refractivity contribution in [1.29, 1.82) is 0 Å². The third-order valence-electron chi connectivity index (χ3n) is 3.85. The SMILES string of the molecule is NC1CCC(OCCCNC(=O)C2=NNC(=O)CC2)CC1. The molecule has 1 aliphatic heterocycles. The van der Waals surface area contributed by atoms with Gasteiger partial charge in [-0.05, 0) is 32.1 Å². The monoisotopic (exact) mass is 296 g/mol. The van der Waals surface area contributed by atoms with Gasteiger partial charge in [-0.15, -0.1) is 0 Å². The Hall–Kier alpha value is -1.47. The number of carbonyl (C=O) groups excluding carboxylic acids is 2. The molecule has 0 unspecified atom stereocenters. The summed E-state index contributed by atoms with van der Waals surface area (Å²) in [4.78, 5) is 22.7. The van der Waals surface area contributed by atoms with Crippen molar-refractivity contribution in [2.45, 2.75) is 57.1 Å². The number of amides is 2. The van der Waals surface area contributed by atoms with Crippen molar-refractivity contribution in [1.82, 2.24) is 10.7 Å². The van der Waals surface area contributed by atoms with E-state index in [2.05, 4.69) is 15.8 Å². The Kier molecular flexibility index (Phi) is 6.13. The maximum absolute atomic E-state index is 11.8. The second-order valence-corrected chi connectivity index (χ2v) is 5.61. The molecule has 0 aromatic carbocycles. The first-order chi connectivity index (χ1) is 10.1. The Morgan fingerprint density at radius 3 is 2.76 bits per heavy atom. The molecule has 1 heterocycles. The van der Waals surface area contributed by atoms with Gasteiger partial charge in [0.25, 0.3) is 5.91 Å². The Morgan fingerprint density at radius 2 is 2.10 bits per heavy atom. The molecule has 7 heteroatoms. The minimum atomic E-state index is -0.210. The second-order valence-electron chi connectivity index (χ2n) is 5.61. The van der Waals surface area contributed by atoms with Gasteiger partial charge in [-0.25, -0.2) is 5.43 Å². The maximum Gasteiger partial charge on any atom is 0.267 e. The zero-order chi connectivity index (χ0) is 15.1. The Balaban J connectivity index is 1.53. The molecule has 4 N–H and O–H groups in total. The predicted molar refractivity (Wildman–Crippen MR) is 78.6 cm³/mol. The minimum Gasteiger partial charge on any atom is -0.378 e. The van der Waals surface area contributed by atoms with Crippen LogP contribution in [0.15, 0.2) is 5.10 Å². The molecule has 0 aromatic heterocycles. The maximum atomic E-state index is 11.8. The highest BCUT2D eigenvalue weighted by atomic mass is 16.5. The van der Waals surface area contributed by atoms with Gasteiger partial charge in [-0.1, -0.05) is 0 Å². The van der Waals surface area contributed by atoms with E-state index in [-0.39, 0.29) is 11.8 Å². The van der Waals surface area contributed by atoms with Gasteiger partial charge < -0.3 is 15.8 Å². The highest BCUT2D eigenvalue weighted by Crippen LogP contribution is 2.19. The first kappa shape index (κ1) is 15.9. The van der Waals surface area contributed by atoms with Crippen LogP contribution < -0.4 is 16.5 Å². The standard InChI is InChI=1S/C14H24N4O3/c15-10-2-4-11(5-3-10)21-9-1-8-16-14(20)12-6-7-13(19)18-17-12/h10-11H,1-9,15H2,(H,16,20)(H,18,19). The number of rotatable bonds is 6. The van der Waals surface area contributed by atoms with Gasteiger partial charge in [-0.3, -0.25) is 9.59 Å². The minimum absolute atomic E-state index is 0.146. The number of hydrazone groups is 1. The van der Waals surface area contributed by atoms with E-state index in [0.29, 0.717) is 43.9 Å². The summed E-state index contributed by atoms with van der Waals surface area (Å²) in [5, 5.41) is 6.54. The molecule has 21 heavy (non-hydrogen) atoms. The lowest BCUT2D eigenvalue weighted by Gasteiger charge is -2.26. The van der Waals surface area contributed by atoms with Gasteiger partial charge in [0, 0.05) is 32.0 Å². The van der Waals surface area contributed by atoms with Crippen molar-refractivity contribution in [3.05, 3.63) is 0 Å². The number of hydrogen-bond acceptors (Lipinski definition) is 5. The van der Waals surface area contributed by atoms with Crippen LogP contribution in [0, 0.1) is 0 Å². The fraction of sp³-hybridized carbons (Fsp3) is 0.786. The summed E-state index contributed by atoms with van der Waals surface area (Å²) in [6.07, 6.45) is 5.94. The molecule has 1 saturated carbocycles. The van der Waals surface area contributed by atoms with Crippen LogP contribution in [0.2, 0.25) is 0 Å². The van der Waals surface area contributed by atoms with E-state index in [4.69, 9.17) is 10.5 Å². The molecule has 0 spiro atoms. The zero-order valence-corrected chi connectivity index (χ0v) is 12.3. The van der Waals surface area contributed by atoms with Gasteiger partial charge in [0.05, 0.1) is 6.10 Å². The summed E-state index contributed by atoms with van der Waals surface area (Å²) >= 11 is 0. The van der Waals surface area contributed by atoms with Crippen LogP contribution >= 0.6 is 0 Å². The molecular weight excluding hydrogens is 272 g/mol. The van der Waals surface area contributed by atoms with E-state index in [1.807, 2.05) is 0 Å². The smallest absolute Gasteiger partial charge is 0.267 e. The number of nitrogens with one attached hydrogen (secondary N) is 2. The van der Waals surface area contributed by atoms with Gasteiger partial charge in [0.15, 0.2) is 0 Å². The fourth-order valence-corrected chi connectivity index (χ4v) is 2.52. The third kappa shape index (κ3) is 5.43. The zero-order valence-electron chi connectivity index (χ0n) is 12.3. The van der Waals surface area contributed by atoms with E-state index in [1.165, 1.54) is 0 Å². The lowest BCUT2D eigenvalue weighted by Crippen LogP contribution is -2.37. The van der Waals surface area contributed by atoms with Crippen molar-refractivity contribution in [3.63, 3.8) is 0 Å². The second kappa shape index (κ2) is 8.09. The molecule has 0 atom stereocenters. The number of ether oxygens (including phenoxy) is 1. The van der Waals surface area contributed by atoms with Crippen molar-refractivity contribution in [2.75, 3.05) is 13.2 Å². The average Bonchev–Trinajstić information content (AvgIpc) is 2.49. The molecule has 1 aliphatic carbocycles. The number of carbonyl (C=O) groups is 2. The molecule has 0 bridgehead atoms. The van der Waals surface area contributed by atoms with E-state index >= 15 is 0 Å². The molecule has 2 rings (SSSR count). The van der Waals surface area contributed by atoms with Crippen LogP contribution in [0.5, 0.6) is 0 Å². The molecule has 0 aromatic rings. The highest BCUT2D eigenvalue weighted by molar-refractivity contribution is 6.39. The van der Waals surface area contributed by atoms with Crippen LogP contribution in [0.4, 0.5) is 0 Å². The first-order valence-electron chi connectivity index (χ1n) is 7.66. The van der Waals surface area contributed by atoms with Gasteiger partial charge >= 0.3 is 0 Å². The predicted octanol–water partition coefficient (Wildman–Crippen LogP) is 0.0452. The summed E-state index contributed by atoms with van der Waals surface area (Å²) in [6, 6.07) is 0.334. The van der Waals surface area contributed by atoms with Gasteiger partial charge in [-0.2, -0.15) is 5.10 Å². The molecule has 0 radical (unpaired) electrons. The number of nitrogens with zero attached hydrogens (tertiary/aromatic N) is 1. The van der Waals surface area contributed by atoms with Crippen LogP contribution in [0.25, 0.3) is 0 Å². The Morgan fingerprint density at radius 1 is 1.33 bits per heavy atom. The molecule has 2 aliphatic rings. The average molecular weight is 296 g/mol. The first-order valence-corrected chi connectivity index (χ1v) is 7.66. The lowest BCUT2D eigenvalue weighted by molar-refractivity contribution is -0.121. The summed E-state index contributed by atoms with van der Waals surface area (Å²) in [7, 11) is 0. The molecule has 2 amide bonds. The van der Waals surface area contributed by atoms with Crippen LogP contribution in [0.1, 0.15) is 44.9 Å². The quantitative estimate of drug-likeness (QED) is 0.602. The molecule has 1 fully saturated rings. The van der Waals surface area contributed by atoms with Gasteiger partial charge in [0.2, 0.25) is 5.91 Å². The van der Waals surface area contributed by atoms with Crippen molar-refractivity contribution >= 4 is 17.5 Å². The summed E-state index contributed by atoms with van der Waals surface area (Å²) in [5.74, 6) is -0.356. The van der Waals surface area contributed by atoms with Crippen molar-refractivity contribution in [3.8, 4) is 0 Å². The van der Waals surface area contributed by atoms with E-state index in [1.54, 1.807) is 0 Å².